The zero-order chi connectivity index (χ0) is 6.78. The third-order valence-electron chi connectivity index (χ3n) is 1.64. The van der Waals surface area contributed by atoms with E-state index >= 15 is 0 Å². The maximum Gasteiger partial charge on any atom is 0.165 e. The van der Waals surface area contributed by atoms with Crippen LogP contribution < -0.4 is 0 Å². The summed E-state index contributed by atoms with van der Waals surface area (Å²) in [7, 11) is 3.99. The first kappa shape index (κ1) is 8.25. The highest BCUT2D eigenvalue weighted by Crippen LogP contribution is 2.12. The Morgan fingerprint density at radius 2 is 1.88 bits per heavy atom. The minimum atomic E-state index is 0.552. The summed E-state index contributed by atoms with van der Waals surface area (Å²) in [4.78, 5) is 0. The van der Waals surface area contributed by atoms with E-state index in [1.165, 1.54) is 0 Å². The molecule has 8 heavy (non-hydrogen) atoms. The fraction of sp³-hybridized carbons (Fsp3) is 1.00. The van der Waals surface area contributed by atoms with Gasteiger partial charge >= 0.3 is 0 Å². The molecule has 0 aliphatic rings. The van der Waals surface area contributed by atoms with E-state index in [1.54, 1.807) is 0 Å². The first-order valence-corrected chi connectivity index (χ1v) is 3.35. The molecule has 0 heterocycles. The minimum Gasteiger partial charge on any atom is -0.225 e. The largest absolute Gasteiger partial charge is 0.225 e. The SMILES string of the molecule is CCC(C)[N+](C)(C)Cl. The standard InChI is InChI=1S/C6H15ClN/c1-5-6(2)8(3,4)7/h6H,5H2,1-4H3/q+1. The van der Waals surface area contributed by atoms with Gasteiger partial charge < -0.3 is 0 Å². The molecule has 1 nitrogen and oxygen atoms in total. The Labute approximate surface area is 56.9 Å². The zero-order valence-electron chi connectivity index (χ0n) is 6.11. The van der Waals surface area contributed by atoms with E-state index < -0.39 is 0 Å². The predicted molar refractivity (Wildman–Crippen MR) is 37.7 cm³/mol. The van der Waals surface area contributed by atoms with E-state index in [9.17, 15) is 0 Å². The Morgan fingerprint density at radius 3 is 1.88 bits per heavy atom. The second-order valence-electron chi connectivity index (χ2n) is 2.66. The van der Waals surface area contributed by atoms with Crippen molar-refractivity contribution in [2.24, 2.45) is 0 Å². The Morgan fingerprint density at radius 1 is 1.50 bits per heavy atom. The fourth-order valence-electron chi connectivity index (χ4n) is 0.434. The molecule has 0 bridgehead atoms. The van der Waals surface area contributed by atoms with Crippen LogP contribution >= 0.6 is 11.8 Å². The summed E-state index contributed by atoms with van der Waals surface area (Å²) in [6.45, 7) is 4.29. The number of rotatable bonds is 2. The van der Waals surface area contributed by atoms with Gasteiger partial charge in [0, 0.05) is 0 Å². The summed E-state index contributed by atoms with van der Waals surface area (Å²) in [5, 5.41) is 0. The van der Waals surface area contributed by atoms with Crippen LogP contribution in [0.3, 0.4) is 0 Å². The summed E-state index contributed by atoms with van der Waals surface area (Å²) in [5.41, 5.74) is 0. The van der Waals surface area contributed by atoms with Gasteiger partial charge in [-0.2, -0.15) is 0 Å². The molecule has 0 rings (SSSR count). The molecule has 0 spiro atoms. The highest BCUT2D eigenvalue weighted by Gasteiger charge is 2.18. The lowest BCUT2D eigenvalue weighted by atomic mass is 10.2. The first-order valence-electron chi connectivity index (χ1n) is 3.01. The molecule has 50 valence electrons. The lowest BCUT2D eigenvalue weighted by Crippen LogP contribution is -2.37. The van der Waals surface area contributed by atoms with Crippen molar-refractivity contribution in [2.45, 2.75) is 26.3 Å². The van der Waals surface area contributed by atoms with Crippen LogP contribution in [0.25, 0.3) is 0 Å². The summed E-state index contributed by atoms with van der Waals surface area (Å²) in [6, 6.07) is 0.552. The molecule has 2 heteroatoms. The number of hydrogen-bond acceptors (Lipinski definition) is 0. The van der Waals surface area contributed by atoms with Crippen LogP contribution in [0.2, 0.25) is 0 Å². The second-order valence-corrected chi connectivity index (χ2v) is 3.53. The number of halogens is 1. The Balaban J connectivity index is 3.62. The number of nitrogens with zero attached hydrogens (tertiary/aromatic N) is 1. The summed E-state index contributed by atoms with van der Waals surface area (Å²) < 4.78 is 0.552. The zero-order valence-corrected chi connectivity index (χ0v) is 6.87. The molecular weight excluding hydrogens is 122 g/mol. The maximum atomic E-state index is 5.92. The predicted octanol–water partition coefficient (Wildman–Crippen LogP) is 2.02. The number of quaternary nitrogens is 1. The van der Waals surface area contributed by atoms with E-state index in [4.69, 9.17) is 11.8 Å². The molecule has 1 atom stereocenters. The molecule has 0 N–H and O–H groups in total. The molecule has 1 unspecified atom stereocenters. The maximum absolute atomic E-state index is 5.92. The van der Waals surface area contributed by atoms with Crippen molar-refractivity contribution in [3.8, 4) is 0 Å². The highest BCUT2D eigenvalue weighted by molar-refractivity contribution is 6.06. The van der Waals surface area contributed by atoms with Crippen LogP contribution in [-0.4, -0.2) is 24.1 Å². The topological polar surface area (TPSA) is 0 Å². The van der Waals surface area contributed by atoms with Crippen molar-refractivity contribution in [1.82, 2.24) is 0 Å². The first-order chi connectivity index (χ1) is 3.48. The molecule has 0 aliphatic carbocycles. The monoisotopic (exact) mass is 136 g/mol. The minimum absolute atomic E-state index is 0.552. The molecule has 0 aliphatic heterocycles. The number of hydrogen-bond donors (Lipinski definition) is 0. The lowest BCUT2D eigenvalue weighted by molar-refractivity contribution is -0.798. The molecular formula is C6H15ClN+. The van der Waals surface area contributed by atoms with Crippen molar-refractivity contribution >= 4 is 11.8 Å². The fourth-order valence-corrected chi connectivity index (χ4v) is 0.572. The van der Waals surface area contributed by atoms with Crippen molar-refractivity contribution in [2.75, 3.05) is 14.1 Å². The summed E-state index contributed by atoms with van der Waals surface area (Å²) in [5.74, 6) is 0. The third-order valence-corrected chi connectivity index (χ3v) is 1.97. The van der Waals surface area contributed by atoms with Gasteiger partial charge in [-0.25, -0.2) is 4.00 Å². The second kappa shape index (κ2) is 2.70. The Bertz CT molecular complexity index is 65.4. The molecule has 0 saturated carbocycles. The Kier molecular flexibility index (Phi) is 2.78. The van der Waals surface area contributed by atoms with Gasteiger partial charge in [0.1, 0.15) is 6.04 Å². The van der Waals surface area contributed by atoms with Crippen LogP contribution in [0.1, 0.15) is 20.3 Å². The van der Waals surface area contributed by atoms with Crippen LogP contribution in [0.15, 0.2) is 0 Å². The summed E-state index contributed by atoms with van der Waals surface area (Å²) >= 11 is 5.92. The third kappa shape index (κ3) is 2.53. The van der Waals surface area contributed by atoms with Gasteiger partial charge in [0.15, 0.2) is 11.8 Å². The average molecular weight is 137 g/mol. The van der Waals surface area contributed by atoms with E-state index in [0.29, 0.717) is 10.0 Å². The van der Waals surface area contributed by atoms with Gasteiger partial charge in [0.25, 0.3) is 0 Å². The van der Waals surface area contributed by atoms with Gasteiger partial charge in [-0.3, -0.25) is 0 Å². The van der Waals surface area contributed by atoms with Crippen molar-refractivity contribution < 1.29 is 4.00 Å². The Hall–Kier alpha value is 0.250. The van der Waals surface area contributed by atoms with Gasteiger partial charge in [0.2, 0.25) is 0 Å². The normalized spacial score (nSPS) is 16.1. The molecule has 0 amide bonds. The molecule has 0 fully saturated rings. The van der Waals surface area contributed by atoms with E-state index in [2.05, 4.69) is 13.8 Å². The van der Waals surface area contributed by atoms with E-state index in [-0.39, 0.29) is 0 Å². The highest BCUT2D eigenvalue weighted by atomic mass is 35.5. The molecule has 0 radical (unpaired) electrons. The van der Waals surface area contributed by atoms with E-state index in [1.807, 2.05) is 14.1 Å². The molecule has 0 aromatic carbocycles. The van der Waals surface area contributed by atoms with Gasteiger partial charge in [-0.05, 0) is 13.3 Å². The smallest absolute Gasteiger partial charge is 0.165 e. The van der Waals surface area contributed by atoms with Gasteiger partial charge in [-0.1, -0.05) is 6.92 Å². The van der Waals surface area contributed by atoms with Crippen LogP contribution in [0, 0.1) is 0 Å². The van der Waals surface area contributed by atoms with Crippen LogP contribution in [0.4, 0.5) is 0 Å². The lowest BCUT2D eigenvalue weighted by Gasteiger charge is -2.24. The van der Waals surface area contributed by atoms with Crippen LogP contribution in [0.5, 0.6) is 0 Å². The molecule has 0 saturated heterocycles. The molecule has 0 aromatic heterocycles. The van der Waals surface area contributed by atoms with Gasteiger partial charge in [0.05, 0.1) is 14.1 Å². The van der Waals surface area contributed by atoms with Crippen LogP contribution in [-0.2, 0) is 0 Å². The van der Waals surface area contributed by atoms with Gasteiger partial charge in [-0.15, -0.1) is 0 Å². The van der Waals surface area contributed by atoms with Crippen molar-refractivity contribution in [1.29, 1.82) is 0 Å². The van der Waals surface area contributed by atoms with Crippen molar-refractivity contribution in [3.05, 3.63) is 0 Å². The van der Waals surface area contributed by atoms with Crippen molar-refractivity contribution in [3.63, 3.8) is 0 Å². The molecule has 0 aromatic rings. The quantitative estimate of drug-likeness (QED) is 0.510. The summed E-state index contributed by atoms with van der Waals surface area (Å²) in [6.07, 6.45) is 1.14. The average Bonchev–Trinajstić information content (AvgIpc) is 1.62. The van der Waals surface area contributed by atoms with E-state index in [0.717, 1.165) is 6.42 Å².